The molecule has 4 nitrogen and oxygen atoms in total. The van der Waals surface area contributed by atoms with Gasteiger partial charge in [-0.1, -0.05) is 48.9 Å². The van der Waals surface area contributed by atoms with Crippen molar-refractivity contribution in [3.8, 4) is 0 Å². The van der Waals surface area contributed by atoms with Crippen molar-refractivity contribution in [3.63, 3.8) is 0 Å². The lowest BCUT2D eigenvalue weighted by atomic mass is 9.97. The summed E-state index contributed by atoms with van der Waals surface area (Å²) in [6.45, 7) is 6.14. The molecular formula is C25H28ClN3OS. The molecule has 0 aliphatic carbocycles. The van der Waals surface area contributed by atoms with Gasteiger partial charge in [-0.25, -0.2) is 0 Å². The van der Waals surface area contributed by atoms with Gasteiger partial charge in [-0.15, -0.1) is 11.3 Å². The maximum Gasteiger partial charge on any atom is 0.256 e. The summed E-state index contributed by atoms with van der Waals surface area (Å²) in [5, 5.41) is 4.86. The van der Waals surface area contributed by atoms with Crippen molar-refractivity contribution in [3.05, 3.63) is 87.3 Å². The maximum absolute atomic E-state index is 13.0. The molecular weight excluding hydrogens is 426 g/mol. The Hall–Kier alpha value is -2.18. The summed E-state index contributed by atoms with van der Waals surface area (Å²) < 4.78 is 0. The third-order valence-corrected chi connectivity index (χ3v) is 7.23. The number of carbonyl (C=O) groups excluding carboxylic acids is 1. The largest absolute Gasteiger partial charge is 0.313 e. The number of halogens is 1. The number of likely N-dealkylation sites (N-methyl/N-ethyl adjacent to an activating group) is 1. The van der Waals surface area contributed by atoms with E-state index in [9.17, 15) is 4.79 Å². The highest BCUT2D eigenvalue weighted by Crippen LogP contribution is 2.40. The number of aryl methyl sites for hydroxylation is 1. The second-order valence-corrected chi connectivity index (χ2v) is 9.54. The van der Waals surface area contributed by atoms with E-state index in [0.717, 1.165) is 53.8 Å². The topological polar surface area (TPSA) is 35.6 Å². The minimum absolute atomic E-state index is 0.0509. The molecule has 0 radical (unpaired) electrons. The lowest BCUT2D eigenvalue weighted by Gasteiger charge is -2.38. The molecule has 0 spiro atoms. The zero-order valence-corrected chi connectivity index (χ0v) is 19.5. The Morgan fingerprint density at radius 2 is 1.81 bits per heavy atom. The molecule has 31 heavy (non-hydrogen) atoms. The van der Waals surface area contributed by atoms with Crippen LogP contribution < -0.4 is 5.32 Å². The lowest BCUT2D eigenvalue weighted by molar-refractivity contribution is 0.102. The maximum atomic E-state index is 13.0. The molecule has 162 valence electrons. The van der Waals surface area contributed by atoms with Gasteiger partial charge in [0.2, 0.25) is 0 Å². The molecule has 4 rings (SSSR count). The smallest absolute Gasteiger partial charge is 0.256 e. The van der Waals surface area contributed by atoms with Gasteiger partial charge in [0, 0.05) is 47.2 Å². The third kappa shape index (κ3) is 5.18. The van der Waals surface area contributed by atoms with Gasteiger partial charge >= 0.3 is 0 Å². The van der Waals surface area contributed by atoms with Crippen molar-refractivity contribution in [1.82, 2.24) is 9.80 Å². The van der Waals surface area contributed by atoms with E-state index < -0.39 is 0 Å². The first kappa shape index (κ1) is 22.0. The van der Waals surface area contributed by atoms with Crippen LogP contribution in [0.15, 0.2) is 60.7 Å². The average Bonchev–Trinajstić information content (AvgIpc) is 3.18. The highest BCUT2D eigenvalue weighted by atomic mass is 35.5. The van der Waals surface area contributed by atoms with Crippen molar-refractivity contribution in [1.29, 1.82) is 0 Å². The van der Waals surface area contributed by atoms with E-state index in [1.165, 1.54) is 4.88 Å². The van der Waals surface area contributed by atoms with E-state index >= 15 is 0 Å². The second kappa shape index (κ2) is 9.96. The number of carbonyl (C=O) groups is 1. The van der Waals surface area contributed by atoms with Crippen LogP contribution in [0, 0.1) is 0 Å². The van der Waals surface area contributed by atoms with Crippen LogP contribution in [0.4, 0.5) is 5.00 Å². The predicted molar refractivity (Wildman–Crippen MR) is 130 cm³/mol. The number of rotatable bonds is 6. The van der Waals surface area contributed by atoms with E-state index in [1.807, 2.05) is 42.5 Å². The van der Waals surface area contributed by atoms with Crippen molar-refractivity contribution in [2.24, 2.45) is 0 Å². The molecule has 1 aromatic heterocycles. The molecule has 1 amide bonds. The zero-order valence-electron chi connectivity index (χ0n) is 18.0. The molecule has 0 saturated carbocycles. The van der Waals surface area contributed by atoms with E-state index in [0.29, 0.717) is 5.56 Å². The molecule has 1 aliphatic rings. The summed E-state index contributed by atoms with van der Waals surface area (Å²) >= 11 is 8.05. The van der Waals surface area contributed by atoms with E-state index in [4.69, 9.17) is 11.6 Å². The van der Waals surface area contributed by atoms with Gasteiger partial charge in [-0.3, -0.25) is 9.69 Å². The number of thiophene rings is 1. The van der Waals surface area contributed by atoms with E-state index in [2.05, 4.69) is 47.3 Å². The molecule has 1 unspecified atom stereocenters. The van der Waals surface area contributed by atoms with Crippen LogP contribution >= 0.6 is 22.9 Å². The van der Waals surface area contributed by atoms with Crippen molar-refractivity contribution < 1.29 is 4.79 Å². The molecule has 1 N–H and O–H groups in total. The Morgan fingerprint density at radius 1 is 1.06 bits per heavy atom. The van der Waals surface area contributed by atoms with Crippen LogP contribution in [-0.2, 0) is 6.42 Å². The van der Waals surface area contributed by atoms with Gasteiger partial charge in [0.15, 0.2) is 0 Å². The fraction of sp³-hybridized carbons (Fsp3) is 0.320. The summed E-state index contributed by atoms with van der Waals surface area (Å²) in [6, 6.07) is 19.8. The lowest BCUT2D eigenvalue weighted by Crippen LogP contribution is -2.46. The molecule has 1 saturated heterocycles. The summed E-state index contributed by atoms with van der Waals surface area (Å²) in [5.41, 5.74) is 2.98. The van der Waals surface area contributed by atoms with Crippen LogP contribution in [-0.4, -0.2) is 48.9 Å². The first-order chi connectivity index (χ1) is 15.0. The standard InChI is InChI=1S/C25H28ClN3OS/c1-3-21-17-22(25(31-21)27-24(30)18-8-5-4-6-9-18)23(19-10-7-11-20(26)16-19)29-14-12-28(2)13-15-29/h4-11,16-17,23H,3,12-15H2,1-2H3,(H,27,30). The average molecular weight is 454 g/mol. The Kier molecular flexibility index (Phi) is 7.08. The number of hydrogen-bond acceptors (Lipinski definition) is 4. The quantitative estimate of drug-likeness (QED) is 0.531. The number of nitrogens with zero attached hydrogens (tertiary/aromatic N) is 2. The molecule has 2 heterocycles. The monoisotopic (exact) mass is 453 g/mol. The minimum Gasteiger partial charge on any atom is -0.313 e. The summed E-state index contributed by atoms with van der Waals surface area (Å²) in [7, 11) is 2.16. The molecule has 3 aromatic rings. The molecule has 0 bridgehead atoms. The predicted octanol–water partition coefficient (Wildman–Crippen LogP) is 5.55. The molecule has 1 fully saturated rings. The Bertz CT molecular complexity index is 1030. The van der Waals surface area contributed by atoms with Gasteiger partial charge in [-0.05, 0) is 49.4 Å². The van der Waals surface area contributed by atoms with Crippen LogP contribution in [0.5, 0.6) is 0 Å². The number of hydrogen-bond donors (Lipinski definition) is 1. The SMILES string of the molecule is CCc1cc(C(c2cccc(Cl)c2)N2CCN(C)CC2)c(NC(=O)c2ccccc2)s1. The van der Waals surface area contributed by atoms with Crippen molar-refractivity contribution in [2.45, 2.75) is 19.4 Å². The van der Waals surface area contributed by atoms with Gasteiger partial charge in [0.1, 0.15) is 5.00 Å². The van der Waals surface area contributed by atoms with Crippen LogP contribution in [0.1, 0.15) is 39.3 Å². The van der Waals surface area contributed by atoms with Gasteiger partial charge in [0.05, 0.1) is 6.04 Å². The first-order valence-electron chi connectivity index (χ1n) is 10.7. The van der Waals surface area contributed by atoms with Crippen molar-refractivity contribution in [2.75, 3.05) is 38.5 Å². The Labute approximate surface area is 193 Å². The number of piperazine rings is 1. The van der Waals surface area contributed by atoms with Crippen LogP contribution in [0.25, 0.3) is 0 Å². The number of nitrogens with one attached hydrogen (secondary N) is 1. The number of amides is 1. The molecule has 1 aliphatic heterocycles. The van der Waals surface area contributed by atoms with E-state index in [1.54, 1.807) is 11.3 Å². The summed E-state index contributed by atoms with van der Waals surface area (Å²) in [5.74, 6) is -0.0745. The van der Waals surface area contributed by atoms with Crippen LogP contribution in [0.2, 0.25) is 5.02 Å². The molecule has 1 atom stereocenters. The van der Waals surface area contributed by atoms with Gasteiger partial charge in [0.25, 0.3) is 5.91 Å². The Balaban J connectivity index is 1.73. The second-order valence-electron chi connectivity index (χ2n) is 7.97. The Morgan fingerprint density at radius 3 is 2.48 bits per heavy atom. The summed E-state index contributed by atoms with van der Waals surface area (Å²) in [6.07, 6.45) is 0.934. The van der Waals surface area contributed by atoms with Crippen LogP contribution in [0.3, 0.4) is 0 Å². The number of benzene rings is 2. The zero-order chi connectivity index (χ0) is 21.8. The third-order valence-electron chi connectivity index (χ3n) is 5.79. The normalized spacial score (nSPS) is 16.2. The molecule has 6 heteroatoms. The summed E-state index contributed by atoms with van der Waals surface area (Å²) in [4.78, 5) is 19.1. The number of anilines is 1. The molecule has 2 aromatic carbocycles. The van der Waals surface area contributed by atoms with Crippen molar-refractivity contribution >= 4 is 33.8 Å². The minimum atomic E-state index is -0.0745. The fourth-order valence-electron chi connectivity index (χ4n) is 4.04. The fourth-order valence-corrected chi connectivity index (χ4v) is 5.27. The van der Waals surface area contributed by atoms with E-state index in [-0.39, 0.29) is 11.9 Å². The van der Waals surface area contributed by atoms with Gasteiger partial charge < -0.3 is 10.2 Å². The first-order valence-corrected chi connectivity index (χ1v) is 11.9. The highest BCUT2D eigenvalue weighted by Gasteiger charge is 2.29. The highest BCUT2D eigenvalue weighted by molar-refractivity contribution is 7.16. The van der Waals surface area contributed by atoms with Gasteiger partial charge in [-0.2, -0.15) is 0 Å².